The Labute approximate surface area is 172 Å². The molecule has 1 aromatic heterocycles. The second kappa shape index (κ2) is 8.60. The number of hydrogen-bond acceptors (Lipinski definition) is 4. The molecule has 1 heterocycles. The normalized spacial score (nSPS) is 13.4. The van der Waals surface area contributed by atoms with Gasteiger partial charge in [0.15, 0.2) is 0 Å². The van der Waals surface area contributed by atoms with E-state index >= 15 is 0 Å². The van der Waals surface area contributed by atoms with Gasteiger partial charge in [0.25, 0.3) is 0 Å². The van der Waals surface area contributed by atoms with Crippen LogP contribution in [0.3, 0.4) is 0 Å². The van der Waals surface area contributed by atoms with Crippen molar-refractivity contribution in [2.75, 3.05) is 11.9 Å². The van der Waals surface area contributed by atoms with Crippen LogP contribution in [0.4, 0.5) is 5.82 Å². The molecule has 3 aromatic rings. The molecule has 29 heavy (non-hydrogen) atoms. The molecule has 0 radical (unpaired) electrons. The quantitative estimate of drug-likeness (QED) is 0.589. The van der Waals surface area contributed by atoms with Gasteiger partial charge in [-0.2, -0.15) is 0 Å². The van der Waals surface area contributed by atoms with Gasteiger partial charge in [0.2, 0.25) is 5.91 Å². The average molecular weight is 389 g/mol. The summed E-state index contributed by atoms with van der Waals surface area (Å²) >= 11 is 0. The van der Waals surface area contributed by atoms with Crippen molar-refractivity contribution in [3.05, 3.63) is 54.4 Å². The Morgan fingerprint density at radius 1 is 1.14 bits per heavy atom. The Morgan fingerprint density at radius 3 is 2.72 bits per heavy atom. The fourth-order valence-corrected chi connectivity index (χ4v) is 3.54. The van der Waals surface area contributed by atoms with E-state index in [1.807, 2.05) is 4.90 Å². The van der Waals surface area contributed by atoms with E-state index in [-0.39, 0.29) is 5.91 Å². The molecule has 5 nitrogen and oxygen atoms in total. The highest BCUT2D eigenvalue weighted by atomic mass is 16.2. The van der Waals surface area contributed by atoms with E-state index in [1.54, 1.807) is 13.3 Å². The number of amides is 1. The molecule has 2 aromatic carbocycles. The Hall–Kier alpha value is -2.95. The first-order chi connectivity index (χ1) is 14.1. The summed E-state index contributed by atoms with van der Waals surface area (Å²) in [6.45, 7) is 5.25. The van der Waals surface area contributed by atoms with Gasteiger partial charge in [-0.1, -0.05) is 37.6 Å². The first-order valence-electron chi connectivity index (χ1n) is 10.5. The number of benzene rings is 2. The van der Waals surface area contributed by atoms with Gasteiger partial charge in [0.1, 0.15) is 12.1 Å². The molecule has 0 spiro atoms. The number of nitrogens with zero attached hydrogens (tertiary/aromatic N) is 3. The molecule has 1 amide bonds. The minimum absolute atomic E-state index is 0.127. The van der Waals surface area contributed by atoms with Crippen molar-refractivity contribution in [1.82, 2.24) is 14.9 Å². The molecule has 1 aliphatic carbocycles. The third kappa shape index (κ3) is 4.73. The fourth-order valence-electron chi connectivity index (χ4n) is 3.54. The van der Waals surface area contributed by atoms with Crippen LogP contribution in [0, 0.1) is 0 Å². The van der Waals surface area contributed by atoms with Gasteiger partial charge in [0, 0.05) is 31.4 Å². The number of carbonyl (C=O) groups is 1. The molecule has 1 aliphatic rings. The maximum atomic E-state index is 12.0. The largest absolute Gasteiger partial charge is 0.367 e. The number of fused-ring (bicyclic) bond motifs is 1. The van der Waals surface area contributed by atoms with Crippen LogP contribution >= 0.6 is 0 Å². The van der Waals surface area contributed by atoms with E-state index in [0.717, 1.165) is 52.8 Å². The molecule has 1 saturated carbocycles. The summed E-state index contributed by atoms with van der Waals surface area (Å²) in [6.07, 6.45) is 6.15. The highest BCUT2D eigenvalue weighted by Gasteiger charge is 2.22. The minimum Gasteiger partial charge on any atom is -0.367 e. The summed E-state index contributed by atoms with van der Waals surface area (Å²) in [7, 11) is 0. The summed E-state index contributed by atoms with van der Waals surface area (Å²) in [5, 5.41) is 4.56. The van der Waals surface area contributed by atoms with Gasteiger partial charge in [-0.05, 0) is 54.2 Å². The van der Waals surface area contributed by atoms with Crippen LogP contribution in [0.5, 0.6) is 0 Å². The molecule has 0 saturated heterocycles. The van der Waals surface area contributed by atoms with Crippen LogP contribution in [0.15, 0.2) is 48.8 Å². The monoisotopic (exact) mass is 388 g/mol. The number of nitrogens with one attached hydrogen (secondary N) is 1. The Morgan fingerprint density at radius 2 is 1.97 bits per heavy atom. The third-order valence-electron chi connectivity index (χ3n) is 5.41. The average Bonchev–Trinajstić information content (AvgIpc) is 3.55. The summed E-state index contributed by atoms with van der Waals surface area (Å²) in [6, 6.07) is 15.3. The maximum Gasteiger partial charge on any atom is 0.219 e. The van der Waals surface area contributed by atoms with Crippen LogP contribution in [0.2, 0.25) is 0 Å². The number of unbranched alkanes of at least 4 members (excludes halogenated alkanes) is 1. The smallest absolute Gasteiger partial charge is 0.219 e. The predicted octanol–water partition coefficient (Wildman–Crippen LogP) is 5.02. The van der Waals surface area contributed by atoms with E-state index in [0.29, 0.717) is 12.6 Å². The number of aromatic nitrogens is 2. The van der Waals surface area contributed by atoms with Crippen LogP contribution in [0.25, 0.3) is 22.0 Å². The molecule has 0 atom stereocenters. The Bertz CT molecular complexity index is 1010. The number of carbonyl (C=O) groups excluding carboxylic acids is 1. The summed E-state index contributed by atoms with van der Waals surface area (Å²) in [4.78, 5) is 22.8. The van der Waals surface area contributed by atoms with Crippen molar-refractivity contribution in [2.45, 2.75) is 52.1 Å². The van der Waals surface area contributed by atoms with Crippen LogP contribution in [0.1, 0.15) is 45.1 Å². The second-order valence-electron chi connectivity index (χ2n) is 7.87. The van der Waals surface area contributed by atoms with Gasteiger partial charge in [-0.15, -0.1) is 0 Å². The first kappa shape index (κ1) is 19.4. The standard InChI is InChI=1S/C24H28N4O/c1-3-4-12-28(17(2)29)15-18-6-5-7-19(13-18)20-8-11-23-22(14-20)24(26-16-25-23)27-21-9-10-21/h5-8,11,13-14,16,21H,3-4,9-10,12,15H2,1-2H3,(H,25,26,27). The minimum atomic E-state index is 0.127. The lowest BCUT2D eigenvalue weighted by atomic mass is 10.0. The number of anilines is 1. The zero-order valence-electron chi connectivity index (χ0n) is 17.2. The molecule has 0 bridgehead atoms. The zero-order valence-corrected chi connectivity index (χ0v) is 17.2. The van der Waals surface area contributed by atoms with Crippen molar-refractivity contribution < 1.29 is 4.79 Å². The topological polar surface area (TPSA) is 58.1 Å². The summed E-state index contributed by atoms with van der Waals surface area (Å²) in [5.74, 6) is 1.04. The molecule has 1 fully saturated rings. The predicted molar refractivity (Wildman–Crippen MR) is 118 cm³/mol. The van der Waals surface area contributed by atoms with Crippen LogP contribution in [-0.2, 0) is 11.3 Å². The van der Waals surface area contributed by atoms with Gasteiger partial charge in [0.05, 0.1) is 5.52 Å². The van der Waals surface area contributed by atoms with E-state index in [2.05, 4.69) is 64.7 Å². The molecule has 0 unspecified atom stereocenters. The van der Waals surface area contributed by atoms with Gasteiger partial charge in [-0.25, -0.2) is 9.97 Å². The van der Waals surface area contributed by atoms with Crippen molar-refractivity contribution in [3.63, 3.8) is 0 Å². The lowest BCUT2D eigenvalue weighted by molar-refractivity contribution is -0.129. The highest BCUT2D eigenvalue weighted by Crippen LogP contribution is 2.30. The van der Waals surface area contributed by atoms with Crippen molar-refractivity contribution in [3.8, 4) is 11.1 Å². The lowest BCUT2D eigenvalue weighted by Gasteiger charge is -2.21. The van der Waals surface area contributed by atoms with E-state index in [9.17, 15) is 4.79 Å². The second-order valence-corrected chi connectivity index (χ2v) is 7.87. The van der Waals surface area contributed by atoms with Gasteiger partial charge < -0.3 is 10.2 Å². The summed E-state index contributed by atoms with van der Waals surface area (Å²) < 4.78 is 0. The number of rotatable bonds is 8. The SMILES string of the molecule is CCCCN(Cc1cccc(-c2ccc3ncnc(NC4CC4)c3c2)c1)C(C)=O. The molecule has 1 N–H and O–H groups in total. The molecular formula is C24H28N4O. The third-order valence-corrected chi connectivity index (χ3v) is 5.41. The zero-order chi connectivity index (χ0) is 20.2. The van der Waals surface area contributed by atoms with Gasteiger partial charge in [-0.3, -0.25) is 4.79 Å². The van der Waals surface area contributed by atoms with Crippen molar-refractivity contribution in [2.24, 2.45) is 0 Å². The Balaban J connectivity index is 1.61. The maximum absolute atomic E-state index is 12.0. The molecule has 4 rings (SSSR count). The van der Waals surface area contributed by atoms with Crippen molar-refractivity contribution >= 4 is 22.6 Å². The molecule has 150 valence electrons. The van der Waals surface area contributed by atoms with Gasteiger partial charge >= 0.3 is 0 Å². The molecule has 5 heteroatoms. The van der Waals surface area contributed by atoms with Crippen LogP contribution in [-0.4, -0.2) is 33.4 Å². The Kier molecular flexibility index (Phi) is 5.74. The highest BCUT2D eigenvalue weighted by molar-refractivity contribution is 5.92. The summed E-state index contributed by atoms with van der Waals surface area (Å²) in [5.41, 5.74) is 4.38. The lowest BCUT2D eigenvalue weighted by Crippen LogP contribution is -2.29. The molecular weight excluding hydrogens is 360 g/mol. The number of hydrogen-bond donors (Lipinski definition) is 1. The van der Waals surface area contributed by atoms with E-state index in [1.165, 1.54) is 12.8 Å². The van der Waals surface area contributed by atoms with Crippen molar-refractivity contribution in [1.29, 1.82) is 0 Å². The van der Waals surface area contributed by atoms with Crippen LogP contribution < -0.4 is 5.32 Å². The van der Waals surface area contributed by atoms with E-state index < -0.39 is 0 Å². The molecule has 0 aliphatic heterocycles. The fraction of sp³-hybridized carbons (Fsp3) is 0.375. The first-order valence-corrected chi connectivity index (χ1v) is 10.5. The van der Waals surface area contributed by atoms with E-state index in [4.69, 9.17) is 0 Å².